The molecule has 0 radical (unpaired) electrons. The topological polar surface area (TPSA) is 21.3 Å². The average Bonchev–Trinajstić information content (AvgIpc) is 2.20. The van der Waals surface area contributed by atoms with Gasteiger partial charge in [0.25, 0.3) is 0 Å². The lowest BCUT2D eigenvalue weighted by molar-refractivity contribution is 0.409. The lowest BCUT2D eigenvalue weighted by Gasteiger charge is -2.11. The smallest absolute Gasteiger partial charge is 0.123 e. The number of rotatable bonds is 4. The predicted octanol–water partition coefficient (Wildman–Crippen LogP) is 2.42. The van der Waals surface area contributed by atoms with E-state index in [0.717, 1.165) is 34.9 Å². The average molecular weight is 214 g/mol. The molecule has 0 heterocycles. The van der Waals surface area contributed by atoms with Crippen LogP contribution < -0.4 is 10.1 Å². The van der Waals surface area contributed by atoms with E-state index >= 15 is 0 Å². The molecule has 2 nitrogen and oxygen atoms in total. The molecule has 1 N–H and O–H groups in total. The first-order valence-corrected chi connectivity index (χ1v) is 5.05. The van der Waals surface area contributed by atoms with Crippen LogP contribution in [0.1, 0.15) is 11.1 Å². The predicted molar refractivity (Wildman–Crippen MR) is 60.4 cm³/mol. The summed E-state index contributed by atoms with van der Waals surface area (Å²) in [4.78, 5) is 0. The second-order valence-electron chi connectivity index (χ2n) is 3.23. The molecule has 78 valence electrons. The fourth-order valence-electron chi connectivity index (χ4n) is 1.39. The van der Waals surface area contributed by atoms with E-state index in [4.69, 9.17) is 16.3 Å². The van der Waals surface area contributed by atoms with Gasteiger partial charge in [0.15, 0.2) is 0 Å². The molecule has 0 saturated carbocycles. The fourth-order valence-corrected chi connectivity index (χ4v) is 1.65. The van der Waals surface area contributed by atoms with Gasteiger partial charge in [0.2, 0.25) is 0 Å². The van der Waals surface area contributed by atoms with Gasteiger partial charge in [-0.3, -0.25) is 0 Å². The summed E-state index contributed by atoms with van der Waals surface area (Å²) < 4.78 is 5.27. The Bertz CT molecular complexity index is 312. The van der Waals surface area contributed by atoms with Crippen molar-refractivity contribution < 1.29 is 4.74 Å². The Hall–Kier alpha value is -0.730. The van der Waals surface area contributed by atoms with Crippen molar-refractivity contribution in [2.45, 2.75) is 13.3 Å². The van der Waals surface area contributed by atoms with Crippen LogP contribution in [0.3, 0.4) is 0 Å². The number of hydrogen-bond acceptors (Lipinski definition) is 2. The normalized spacial score (nSPS) is 10.3. The number of hydrogen-bond donors (Lipinski definition) is 1. The molecule has 0 spiro atoms. The van der Waals surface area contributed by atoms with Crippen molar-refractivity contribution in [3.8, 4) is 5.75 Å². The maximum absolute atomic E-state index is 6.21. The molecule has 0 atom stereocenters. The maximum Gasteiger partial charge on any atom is 0.123 e. The van der Waals surface area contributed by atoms with Gasteiger partial charge < -0.3 is 10.1 Å². The van der Waals surface area contributed by atoms with Gasteiger partial charge in [0.05, 0.1) is 12.1 Å². The molecule has 0 aliphatic carbocycles. The number of benzene rings is 1. The Kier molecular flexibility index (Phi) is 4.23. The summed E-state index contributed by atoms with van der Waals surface area (Å²) in [6.07, 6.45) is 0.889. The molecule has 0 aromatic heterocycles. The van der Waals surface area contributed by atoms with Crippen molar-refractivity contribution >= 4 is 11.6 Å². The van der Waals surface area contributed by atoms with Crippen molar-refractivity contribution in [1.82, 2.24) is 5.32 Å². The Morgan fingerprint density at radius 1 is 1.43 bits per heavy atom. The van der Waals surface area contributed by atoms with Crippen LogP contribution in [-0.2, 0) is 6.42 Å². The first-order valence-electron chi connectivity index (χ1n) is 4.67. The van der Waals surface area contributed by atoms with Gasteiger partial charge in [-0.25, -0.2) is 0 Å². The summed E-state index contributed by atoms with van der Waals surface area (Å²) in [6.45, 7) is 2.91. The van der Waals surface area contributed by atoms with E-state index in [-0.39, 0.29) is 0 Å². The van der Waals surface area contributed by atoms with Gasteiger partial charge in [-0.1, -0.05) is 17.7 Å². The van der Waals surface area contributed by atoms with Crippen LogP contribution in [0, 0.1) is 6.92 Å². The first-order chi connectivity index (χ1) is 6.70. The molecular weight excluding hydrogens is 198 g/mol. The highest BCUT2D eigenvalue weighted by atomic mass is 35.5. The van der Waals surface area contributed by atoms with Gasteiger partial charge in [0.1, 0.15) is 5.75 Å². The quantitative estimate of drug-likeness (QED) is 0.830. The Labute approximate surface area is 90.2 Å². The molecule has 1 aromatic rings. The van der Waals surface area contributed by atoms with Gasteiger partial charge in [-0.15, -0.1) is 0 Å². The zero-order valence-electron chi connectivity index (χ0n) is 8.86. The molecule has 0 bridgehead atoms. The van der Waals surface area contributed by atoms with E-state index in [2.05, 4.69) is 5.32 Å². The molecule has 0 aliphatic rings. The van der Waals surface area contributed by atoms with Crippen LogP contribution in [0.5, 0.6) is 5.75 Å². The van der Waals surface area contributed by atoms with E-state index in [9.17, 15) is 0 Å². The van der Waals surface area contributed by atoms with E-state index in [1.807, 2.05) is 26.1 Å². The number of methoxy groups -OCH3 is 1. The maximum atomic E-state index is 6.21. The van der Waals surface area contributed by atoms with Crippen molar-refractivity contribution in [3.63, 3.8) is 0 Å². The largest absolute Gasteiger partial charge is 0.496 e. The third-order valence-electron chi connectivity index (χ3n) is 2.24. The first kappa shape index (κ1) is 11.3. The van der Waals surface area contributed by atoms with Crippen LogP contribution in [-0.4, -0.2) is 20.7 Å². The molecule has 3 heteroatoms. The minimum absolute atomic E-state index is 0.819. The monoisotopic (exact) mass is 213 g/mol. The van der Waals surface area contributed by atoms with Crippen molar-refractivity contribution in [3.05, 3.63) is 28.3 Å². The summed E-state index contributed by atoms with van der Waals surface area (Å²) >= 11 is 6.21. The van der Waals surface area contributed by atoms with Crippen LogP contribution in [0.15, 0.2) is 12.1 Å². The molecule has 1 rings (SSSR count). The number of aryl methyl sites for hydroxylation is 1. The van der Waals surface area contributed by atoms with E-state index < -0.39 is 0 Å². The highest BCUT2D eigenvalue weighted by Crippen LogP contribution is 2.29. The Balaban J connectivity index is 3.01. The lowest BCUT2D eigenvalue weighted by Crippen LogP contribution is -2.11. The van der Waals surface area contributed by atoms with Gasteiger partial charge in [-0.05, 0) is 38.6 Å². The zero-order valence-corrected chi connectivity index (χ0v) is 9.61. The van der Waals surface area contributed by atoms with Gasteiger partial charge in [-0.2, -0.15) is 0 Å². The van der Waals surface area contributed by atoms with E-state index in [1.165, 1.54) is 0 Å². The van der Waals surface area contributed by atoms with Gasteiger partial charge in [0, 0.05) is 5.56 Å². The van der Waals surface area contributed by atoms with Crippen LogP contribution >= 0.6 is 11.6 Å². The summed E-state index contributed by atoms with van der Waals surface area (Å²) in [5.74, 6) is 0.871. The molecular formula is C11H16ClNO. The number of likely N-dealkylation sites (N-methyl/N-ethyl adjacent to an activating group) is 1. The minimum Gasteiger partial charge on any atom is -0.496 e. The zero-order chi connectivity index (χ0) is 10.6. The molecule has 14 heavy (non-hydrogen) atoms. The SMILES string of the molecule is CNCCc1c(OC)ccc(C)c1Cl. The number of ether oxygens (including phenoxy) is 1. The summed E-state index contributed by atoms with van der Waals surface area (Å²) in [7, 11) is 3.60. The highest BCUT2D eigenvalue weighted by molar-refractivity contribution is 6.32. The lowest BCUT2D eigenvalue weighted by atomic mass is 10.1. The van der Waals surface area contributed by atoms with Gasteiger partial charge >= 0.3 is 0 Å². The molecule has 0 aliphatic heterocycles. The van der Waals surface area contributed by atoms with Crippen molar-refractivity contribution in [2.24, 2.45) is 0 Å². The summed E-state index contributed by atoms with van der Waals surface area (Å²) in [6, 6.07) is 3.94. The molecule has 0 saturated heterocycles. The van der Waals surface area contributed by atoms with Crippen LogP contribution in [0.4, 0.5) is 0 Å². The standard InChI is InChI=1S/C11H16ClNO/c1-8-4-5-10(14-3)9(11(8)12)6-7-13-2/h4-5,13H,6-7H2,1-3H3. The molecule has 0 unspecified atom stereocenters. The molecule has 0 amide bonds. The fraction of sp³-hybridized carbons (Fsp3) is 0.455. The summed E-state index contributed by atoms with van der Waals surface area (Å²) in [5, 5.41) is 3.92. The van der Waals surface area contributed by atoms with Crippen LogP contribution in [0.2, 0.25) is 5.02 Å². The van der Waals surface area contributed by atoms with E-state index in [0.29, 0.717) is 0 Å². The number of nitrogens with one attached hydrogen (secondary N) is 1. The number of halogens is 1. The Morgan fingerprint density at radius 3 is 2.71 bits per heavy atom. The van der Waals surface area contributed by atoms with Crippen molar-refractivity contribution in [1.29, 1.82) is 0 Å². The second kappa shape index (κ2) is 5.23. The second-order valence-corrected chi connectivity index (χ2v) is 3.61. The summed E-state index contributed by atoms with van der Waals surface area (Å²) in [5.41, 5.74) is 2.18. The van der Waals surface area contributed by atoms with Crippen molar-refractivity contribution in [2.75, 3.05) is 20.7 Å². The van der Waals surface area contributed by atoms with Crippen LogP contribution in [0.25, 0.3) is 0 Å². The molecule has 1 aromatic carbocycles. The minimum atomic E-state index is 0.819. The third-order valence-corrected chi connectivity index (χ3v) is 2.76. The third kappa shape index (κ3) is 2.40. The highest BCUT2D eigenvalue weighted by Gasteiger charge is 2.09. The Morgan fingerprint density at radius 2 is 2.14 bits per heavy atom. The molecule has 0 fully saturated rings. The van der Waals surface area contributed by atoms with E-state index in [1.54, 1.807) is 7.11 Å².